The molecule has 1 amide bonds. The maximum absolute atomic E-state index is 13.0. The Morgan fingerprint density at radius 1 is 1.30 bits per heavy atom. The first-order chi connectivity index (χ1) is 12.3. The van der Waals surface area contributed by atoms with E-state index in [1.54, 1.807) is 34.6 Å². The second-order valence-electron chi connectivity index (χ2n) is 7.27. The molecule has 10 heteroatoms. The number of ether oxygens (including phenoxy) is 1. The van der Waals surface area contributed by atoms with Crippen LogP contribution in [0.5, 0.6) is 0 Å². The van der Waals surface area contributed by atoms with E-state index in [0.717, 1.165) is 10.4 Å². The van der Waals surface area contributed by atoms with Crippen molar-refractivity contribution in [3.8, 4) is 0 Å². The molecule has 1 aliphatic heterocycles. The second kappa shape index (κ2) is 7.18. The number of sulfonamides is 1. The molecule has 0 radical (unpaired) electrons. The maximum atomic E-state index is 13.0. The van der Waals surface area contributed by atoms with Gasteiger partial charge in [0.2, 0.25) is 0 Å². The van der Waals surface area contributed by atoms with Gasteiger partial charge in [-0.1, -0.05) is 12.1 Å². The largest absolute Gasteiger partial charge is 0.443 e. The number of allylic oxidation sites excluding steroid dienone is 1. The molecule has 0 fully saturated rings. The molecule has 2 rings (SSSR count). The van der Waals surface area contributed by atoms with Crippen molar-refractivity contribution in [3.63, 3.8) is 0 Å². The molecule has 0 aromatic heterocycles. The lowest BCUT2D eigenvalue weighted by molar-refractivity contribution is -0.387. The van der Waals surface area contributed by atoms with Crippen molar-refractivity contribution in [2.24, 2.45) is 0 Å². The summed E-state index contributed by atoms with van der Waals surface area (Å²) in [5, 5.41) is 11.2. The predicted octanol–water partition coefficient (Wildman–Crippen LogP) is 3.09. The van der Waals surface area contributed by atoms with Gasteiger partial charge in [0.05, 0.1) is 17.5 Å². The number of para-hydroxylation sites is 1. The van der Waals surface area contributed by atoms with Crippen LogP contribution in [0.1, 0.15) is 34.6 Å². The van der Waals surface area contributed by atoms with E-state index < -0.39 is 43.3 Å². The molecule has 0 N–H and O–H groups in total. The molecule has 0 saturated carbocycles. The lowest BCUT2D eigenvalue weighted by Crippen LogP contribution is -2.49. The Bertz CT molecular complexity index is 888. The van der Waals surface area contributed by atoms with Crippen molar-refractivity contribution in [1.82, 2.24) is 9.21 Å². The second-order valence-corrected chi connectivity index (χ2v) is 9.08. The van der Waals surface area contributed by atoms with Crippen molar-refractivity contribution in [3.05, 3.63) is 46.3 Å². The fourth-order valence-corrected chi connectivity index (χ4v) is 4.37. The molecule has 1 unspecified atom stereocenters. The van der Waals surface area contributed by atoms with E-state index in [-0.39, 0.29) is 6.54 Å². The van der Waals surface area contributed by atoms with Gasteiger partial charge in [0.15, 0.2) is 4.90 Å². The molecule has 1 aromatic carbocycles. The summed E-state index contributed by atoms with van der Waals surface area (Å²) in [6, 6.07) is 4.54. The monoisotopic (exact) mass is 397 g/mol. The number of hydrogen-bond acceptors (Lipinski definition) is 6. The first-order valence-corrected chi connectivity index (χ1v) is 9.74. The molecule has 0 bridgehead atoms. The standard InChI is InChI=1S/C17H23N3O6S/c1-12-11-19(13(2)10-18(12)16(21)26-17(3,4)5)27(24,25)15-9-7-6-8-14(15)20(22)23/h6-9,11,13H,10H2,1-5H3. The zero-order valence-electron chi connectivity index (χ0n) is 15.9. The highest BCUT2D eigenvalue weighted by atomic mass is 32.2. The topological polar surface area (TPSA) is 110 Å². The number of nitro groups is 1. The van der Waals surface area contributed by atoms with Crippen LogP contribution in [-0.4, -0.2) is 46.8 Å². The van der Waals surface area contributed by atoms with Gasteiger partial charge >= 0.3 is 6.09 Å². The van der Waals surface area contributed by atoms with Gasteiger partial charge in [0.25, 0.3) is 15.7 Å². The van der Waals surface area contributed by atoms with Crippen LogP contribution in [0, 0.1) is 10.1 Å². The number of benzene rings is 1. The van der Waals surface area contributed by atoms with Gasteiger partial charge in [-0.25, -0.2) is 13.2 Å². The Kier molecular flexibility index (Phi) is 5.50. The fraction of sp³-hybridized carbons (Fsp3) is 0.471. The maximum Gasteiger partial charge on any atom is 0.414 e. The zero-order chi connectivity index (χ0) is 20.6. The minimum Gasteiger partial charge on any atom is -0.443 e. The van der Waals surface area contributed by atoms with E-state index in [0.29, 0.717) is 5.70 Å². The average molecular weight is 397 g/mol. The molecular weight excluding hydrogens is 374 g/mol. The summed E-state index contributed by atoms with van der Waals surface area (Å²) >= 11 is 0. The number of carbonyl (C=O) groups is 1. The third-order valence-electron chi connectivity index (χ3n) is 3.85. The summed E-state index contributed by atoms with van der Waals surface area (Å²) in [5.41, 5.74) is -0.816. The van der Waals surface area contributed by atoms with Crippen LogP contribution in [0.25, 0.3) is 0 Å². The molecule has 1 aromatic rings. The summed E-state index contributed by atoms with van der Waals surface area (Å²) in [7, 11) is -4.17. The molecule has 0 saturated heterocycles. The summed E-state index contributed by atoms with van der Waals surface area (Å²) in [6.45, 7) is 8.48. The van der Waals surface area contributed by atoms with E-state index >= 15 is 0 Å². The minimum atomic E-state index is -4.17. The highest BCUT2D eigenvalue weighted by molar-refractivity contribution is 7.89. The van der Waals surface area contributed by atoms with Gasteiger partial charge < -0.3 is 4.74 Å². The third-order valence-corrected chi connectivity index (χ3v) is 5.77. The predicted molar refractivity (Wildman–Crippen MR) is 98.3 cm³/mol. The molecule has 0 spiro atoms. The smallest absolute Gasteiger partial charge is 0.414 e. The molecule has 1 aliphatic rings. The van der Waals surface area contributed by atoms with Gasteiger partial charge in [-0.2, -0.15) is 0 Å². The van der Waals surface area contributed by atoms with Gasteiger partial charge in [0.1, 0.15) is 5.60 Å². The van der Waals surface area contributed by atoms with Crippen LogP contribution in [-0.2, 0) is 14.8 Å². The summed E-state index contributed by atoms with van der Waals surface area (Å²) < 4.78 is 32.4. The molecule has 1 atom stereocenters. The Hall–Kier alpha value is -2.62. The number of carbonyl (C=O) groups excluding carboxylic acids is 1. The quantitative estimate of drug-likeness (QED) is 0.572. The number of hydrogen-bond donors (Lipinski definition) is 0. The van der Waals surface area contributed by atoms with Crippen molar-refractivity contribution in [2.75, 3.05) is 6.54 Å². The highest BCUT2D eigenvalue weighted by Crippen LogP contribution is 2.31. The van der Waals surface area contributed by atoms with Crippen molar-refractivity contribution < 1.29 is 22.9 Å². The summed E-state index contributed by atoms with van der Waals surface area (Å²) in [6.07, 6.45) is 0.718. The van der Waals surface area contributed by atoms with E-state index in [9.17, 15) is 23.3 Å². The van der Waals surface area contributed by atoms with E-state index in [4.69, 9.17) is 4.74 Å². The molecule has 27 heavy (non-hydrogen) atoms. The summed E-state index contributed by atoms with van der Waals surface area (Å²) in [5.74, 6) is 0. The van der Waals surface area contributed by atoms with Crippen LogP contribution in [0.3, 0.4) is 0 Å². The molecule has 9 nitrogen and oxygen atoms in total. The van der Waals surface area contributed by atoms with Crippen LogP contribution in [0.4, 0.5) is 10.5 Å². The Balaban J connectivity index is 2.41. The van der Waals surface area contributed by atoms with Crippen LogP contribution >= 0.6 is 0 Å². The lowest BCUT2D eigenvalue weighted by atomic mass is 10.2. The molecule has 1 heterocycles. The highest BCUT2D eigenvalue weighted by Gasteiger charge is 2.37. The zero-order valence-corrected chi connectivity index (χ0v) is 16.7. The number of nitrogens with zero attached hydrogens (tertiary/aromatic N) is 3. The van der Waals surface area contributed by atoms with Gasteiger partial charge in [-0.15, -0.1) is 0 Å². The fourth-order valence-electron chi connectivity index (χ4n) is 2.65. The normalized spacial score (nSPS) is 18.1. The Labute approximate surface area is 158 Å². The average Bonchev–Trinajstić information content (AvgIpc) is 2.54. The number of amides is 1. The number of rotatable bonds is 3. The Morgan fingerprint density at radius 3 is 2.44 bits per heavy atom. The van der Waals surface area contributed by atoms with Gasteiger partial charge in [-0.3, -0.25) is 19.3 Å². The molecule has 0 aliphatic carbocycles. The SMILES string of the molecule is CC1=CN(S(=O)(=O)c2ccccc2[N+](=O)[O-])C(C)CN1C(=O)OC(C)(C)C. The van der Waals surface area contributed by atoms with E-state index in [2.05, 4.69) is 0 Å². The van der Waals surface area contributed by atoms with Crippen molar-refractivity contribution in [2.45, 2.75) is 51.2 Å². The van der Waals surface area contributed by atoms with E-state index in [1.165, 1.54) is 29.3 Å². The van der Waals surface area contributed by atoms with Crippen molar-refractivity contribution in [1.29, 1.82) is 0 Å². The first kappa shape index (κ1) is 20.7. The van der Waals surface area contributed by atoms with Crippen LogP contribution in [0.15, 0.2) is 41.1 Å². The number of nitro benzene ring substituents is 1. The van der Waals surface area contributed by atoms with Crippen LogP contribution < -0.4 is 0 Å². The lowest BCUT2D eigenvalue weighted by Gasteiger charge is -2.38. The summed E-state index contributed by atoms with van der Waals surface area (Å²) in [4.78, 5) is 23.8. The third kappa shape index (κ3) is 4.38. The van der Waals surface area contributed by atoms with Gasteiger partial charge in [-0.05, 0) is 40.7 Å². The van der Waals surface area contributed by atoms with Gasteiger partial charge in [0, 0.05) is 18.0 Å². The minimum absolute atomic E-state index is 0.0666. The van der Waals surface area contributed by atoms with Crippen LogP contribution in [0.2, 0.25) is 0 Å². The Morgan fingerprint density at radius 2 is 1.89 bits per heavy atom. The molecule has 148 valence electrons. The first-order valence-electron chi connectivity index (χ1n) is 8.30. The molecular formula is C17H23N3O6S. The van der Waals surface area contributed by atoms with E-state index in [1.807, 2.05) is 0 Å². The van der Waals surface area contributed by atoms with Crippen molar-refractivity contribution >= 4 is 21.8 Å².